The molecule has 0 spiro atoms. The van der Waals surface area contributed by atoms with Crippen LogP contribution in [0.3, 0.4) is 0 Å². The van der Waals surface area contributed by atoms with E-state index in [0.717, 1.165) is 11.1 Å². The van der Waals surface area contributed by atoms with Crippen LogP contribution in [0.25, 0.3) is 0 Å². The summed E-state index contributed by atoms with van der Waals surface area (Å²) >= 11 is 11.6. The molecular formula is C16H13Cl2N3O2. The Morgan fingerprint density at radius 3 is 2.48 bits per heavy atom. The first-order chi connectivity index (χ1) is 11.0. The summed E-state index contributed by atoms with van der Waals surface area (Å²) in [4.78, 5) is 23.4. The van der Waals surface area contributed by atoms with Gasteiger partial charge in [0.1, 0.15) is 0 Å². The van der Waals surface area contributed by atoms with Gasteiger partial charge in [0.05, 0.1) is 16.3 Å². The maximum atomic E-state index is 11.7. The molecule has 2 N–H and O–H groups in total. The number of hydrazone groups is 1. The van der Waals surface area contributed by atoms with Crippen molar-refractivity contribution in [2.24, 2.45) is 5.10 Å². The highest BCUT2D eigenvalue weighted by Gasteiger charge is 2.13. The van der Waals surface area contributed by atoms with Gasteiger partial charge in [-0.3, -0.25) is 9.59 Å². The summed E-state index contributed by atoms with van der Waals surface area (Å²) in [7, 11) is 0. The molecule has 5 nitrogen and oxygen atoms in total. The molecule has 118 valence electrons. The van der Waals surface area contributed by atoms with E-state index in [2.05, 4.69) is 15.8 Å². The molecular weight excluding hydrogens is 337 g/mol. The zero-order valence-corrected chi connectivity index (χ0v) is 13.7. The van der Waals surface area contributed by atoms with Crippen LogP contribution < -0.4 is 10.7 Å². The van der Waals surface area contributed by atoms with Crippen LogP contribution in [0, 0.1) is 6.92 Å². The first kappa shape index (κ1) is 17.0. The number of hydrogen-bond acceptors (Lipinski definition) is 3. The van der Waals surface area contributed by atoms with Gasteiger partial charge in [0.2, 0.25) is 0 Å². The van der Waals surface area contributed by atoms with Crippen LogP contribution in [0.5, 0.6) is 0 Å². The molecule has 2 aromatic carbocycles. The molecule has 0 aromatic heterocycles. The topological polar surface area (TPSA) is 70.6 Å². The predicted molar refractivity (Wildman–Crippen MR) is 92.0 cm³/mol. The fourth-order valence-electron chi connectivity index (χ4n) is 1.70. The minimum absolute atomic E-state index is 0.280. The molecule has 0 unspecified atom stereocenters. The summed E-state index contributed by atoms with van der Waals surface area (Å²) in [5.41, 5.74) is 4.38. The van der Waals surface area contributed by atoms with Crippen molar-refractivity contribution in [1.29, 1.82) is 0 Å². The number of halogens is 2. The third kappa shape index (κ3) is 4.81. The molecule has 7 heteroatoms. The molecule has 0 radical (unpaired) electrons. The zero-order chi connectivity index (χ0) is 16.8. The van der Waals surface area contributed by atoms with Crippen LogP contribution in [-0.2, 0) is 9.59 Å². The van der Waals surface area contributed by atoms with Gasteiger partial charge in [-0.1, -0.05) is 47.5 Å². The number of hydrogen-bond donors (Lipinski definition) is 2. The lowest BCUT2D eigenvalue weighted by Gasteiger charge is -2.05. The van der Waals surface area contributed by atoms with Gasteiger partial charge in [-0.2, -0.15) is 5.10 Å². The highest BCUT2D eigenvalue weighted by Crippen LogP contribution is 2.24. The maximum absolute atomic E-state index is 11.7. The number of nitrogens with zero attached hydrogens (tertiary/aromatic N) is 1. The summed E-state index contributed by atoms with van der Waals surface area (Å²) in [6, 6.07) is 12.0. The molecule has 0 heterocycles. The number of nitrogens with one attached hydrogen (secondary N) is 2. The molecule has 2 amide bonds. The van der Waals surface area contributed by atoms with E-state index in [9.17, 15) is 9.59 Å². The van der Waals surface area contributed by atoms with Gasteiger partial charge in [-0.05, 0) is 36.2 Å². The summed E-state index contributed by atoms with van der Waals surface area (Å²) in [6.07, 6.45) is 1.47. The van der Waals surface area contributed by atoms with Crippen LogP contribution in [0.4, 0.5) is 5.69 Å². The summed E-state index contributed by atoms with van der Waals surface area (Å²) < 4.78 is 0. The molecule has 2 rings (SSSR count). The Morgan fingerprint density at radius 2 is 1.78 bits per heavy atom. The molecule has 2 aromatic rings. The van der Waals surface area contributed by atoms with Crippen molar-refractivity contribution >= 4 is 46.9 Å². The van der Waals surface area contributed by atoms with Gasteiger partial charge in [0.25, 0.3) is 0 Å². The normalized spacial score (nSPS) is 10.6. The number of benzene rings is 2. The zero-order valence-electron chi connectivity index (χ0n) is 12.1. The lowest BCUT2D eigenvalue weighted by Crippen LogP contribution is -2.32. The highest BCUT2D eigenvalue weighted by molar-refractivity contribution is 6.42. The molecule has 0 saturated heterocycles. The van der Waals surface area contributed by atoms with Crippen molar-refractivity contribution in [2.45, 2.75) is 6.92 Å². The van der Waals surface area contributed by atoms with E-state index in [4.69, 9.17) is 23.2 Å². The number of carbonyl (C=O) groups is 2. The van der Waals surface area contributed by atoms with Gasteiger partial charge >= 0.3 is 11.8 Å². The second-order valence-electron chi connectivity index (χ2n) is 4.64. The lowest BCUT2D eigenvalue weighted by molar-refractivity contribution is -0.136. The van der Waals surface area contributed by atoms with Crippen molar-refractivity contribution in [3.63, 3.8) is 0 Å². The number of amides is 2. The van der Waals surface area contributed by atoms with Gasteiger partial charge in [0.15, 0.2) is 0 Å². The lowest BCUT2D eigenvalue weighted by atomic mass is 10.1. The Kier molecular flexibility index (Phi) is 5.73. The van der Waals surface area contributed by atoms with Gasteiger partial charge in [-0.25, -0.2) is 5.43 Å². The monoisotopic (exact) mass is 349 g/mol. The standard InChI is InChI=1S/C16H13Cl2N3O2/c1-10-4-2-3-5-11(10)9-19-21-16(23)15(22)20-12-6-7-13(17)14(18)8-12/h2-9H,1H3,(H,20,22)(H,21,23)/b19-9+. The molecule has 23 heavy (non-hydrogen) atoms. The molecule has 0 atom stereocenters. The van der Waals surface area contributed by atoms with Gasteiger partial charge in [0, 0.05) is 5.69 Å². The van der Waals surface area contributed by atoms with Gasteiger partial charge in [-0.15, -0.1) is 0 Å². The minimum Gasteiger partial charge on any atom is -0.318 e. The Bertz CT molecular complexity index is 776. The molecule has 0 aliphatic carbocycles. The minimum atomic E-state index is -0.888. The molecule has 0 saturated carbocycles. The van der Waals surface area contributed by atoms with E-state index in [-0.39, 0.29) is 5.02 Å². The number of carbonyl (C=O) groups excluding carboxylic acids is 2. The average Bonchev–Trinajstić information content (AvgIpc) is 2.52. The maximum Gasteiger partial charge on any atom is 0.329 e. The first-order valence-electron chi connectivity index (χ1n) is 6.62. The average molecular weight is 350 g/mol. The third-order valence-corrected chi connectivity index (χ3v) is 3.68. The van der Waals surface area contributed by atoms with Crippen LogP contribution in [0.15, 0.2) is 47.6 Å². The second-order valence-corrected chi connectivity index (χ2v) is 5.45. The SMILES string of the molecule is Cc1ccccc1/C=N/NC(=O)C(=O)Nc1ccc(Cl)c(Cl)c1. The summed E-state index contributed by atoms with van der Waals surface area (Å²) in [5.74, 6) is -1.74. The van der Waals surface area contributed by atoms with Crippen molar-refractivity contribution in [3.05, 3.63) is 63.6 Å². The Morgan fingerprint density at radius 1 is 1.04 bits per heavy atom. The van der Waals surface area contributed by atoms with Crippen LogP contribution in [0.1, 0.15) is 11.1 Å². The van der Waals surface area contributed by atoms with E-state index >= 15 is 0 Å². The fraction of sp³-hybridized carbons (Fsp3) is 0.0625. The van der Waals surface area contributed by atoms with Crippen molar-refractivity contribution in [1.82, 2.24) is 5.43 Å². The fourth-order valence-corrected chi connectivity index (χ4v) is 2.00. The van der Waals surface area contributed by atoms with E-state index in [1.54, 1.807) is 0 Å². The summed E-state index contributed by atoms with van der Waals surface area (Å²) in [5, 5.41) is 6.80. The molecule has 0 aliphatic rings. The Hall–Kier alpha value is -2.37. The Labute approximate surface area is 143 Å². The molecule has 0 fully saturated rings. The molecule has 0 bridgehead atoms. The van der Waals surface area contributed by atoms with Gasteiger partial charge < -0.3 is 5.32 Å². The van der Waals surface area contributed by atoms with E-state index < -0.39 is 11.8 Å². The van der Waals surface area contributed by atoms with E-state index in [1.165, 1.54) is 24.4 Å². The third-order valence-electron chi connectivity index (χ3n) is 2.94. The van der Waals surface area contributed by atoms with Crippen LogP contribution in [-0.4, -0.2) is 18.0 Å². The van der Waals surface area contributed by atoms with Crippen molar-refractivity contribution in [3.8, 4) is 0 Å². The van der Waals surface area contributed by atoms with Crippen LogP contribution in [0.2, 0.25) is 10.0 Å². The smallest absolute Gasteiger partial charge is 0.318 e. The Balaban J connectivity index is 1.94. The molecule has 0 aliphatic heterocycles. The quantitative estimate of drug-likeness (QED) is 0.506. The predicted octanol–water partition coefficient (Wildman–Crippen LogP) is 3.39. The largest absolute Gasteiger partial charge is 0.329 e. The highest BCUT2D eigenvalue weighted by atomic mass is 35.5. The van der Waals surface area contributed by atoms with Crippen molar-refractivity contribution < 1.29 is 9.59 Å². The first-order valence-corrected chi connectivity index (χ1v) is 7.38. The number of anilines is 1. The number of aryl methyl sites for hydroxylation is 1. The second kappa shape index (κ2) is 7.76. The van der Waals surface area contributed by atoms with E-state index in [1.807, 2.05) is 31.2 Å². The summed E-state index contributed by atoms with van der Waals surface area (Å²) in [6.45, 7) is 1.92. The van der Waals surface area contributed by atoms with Crippen LogP contribution >= 0.6 is 23.2 Å². The van der Waals surface area contributed by atoms with E-state index in [0.29, 0.717) is 10.7 Å². The van der Waals surface area contributed by atoms with Crippen molar-refractivity contribution in [2.75, 3.05) is 5.32 Å². The number of rotatable bonds is 3.